The maximum absolute atomic E-state index is 14.6. The summed E-state index contributed by atoms with van der Waals surface area (Å²) in [5.41, 5.74) is -7.04. The summed E-state index contributed by atoms with van der Waals surface area (Å²) in [4.78, 5) is 78.5. The predicted octanol–water partition coefficient (Wildman–Crippen LogP) is 2.69. The van der Waals surface area contributed by atoms with Crippen molar-refractivity contribution < 1.29 is 52.1 Å². The molecule has 15 heteroatoms. The van der Waals surface area contributed by atoms with E-state index in [1.54, 1.807) is 39.0 Å². The van der Waals surface area contributed by atoms with Crippen molar-refractivity contribution >= 4 is 29.7 Å². The number of halogens is 2. The lowest BCUT2D eigenvalue weighted by molar-refractivity contribution is -0.212. The standard InChI is InChI=1S/C34H36F2N4O9/c1-31(2,3)33(46)13-22-32(14-23(41)47-22)30(45)49-29-34(32,33)24(48-28(44)19-7-5-4-6-8-19)27(43)40(29)17-18-9-11-39(12-10-18)26(42)21-16-37-20(15-38-21)25(35)36/h4-8,15-16,18,22,24-25,29,46H,9-14,17H2,1-3H3/t22-,24-,29-,32-,33+,34?/m0/s1. The zero-order valence-electron chi connectivity index (χ0n) is 27.1. The third kappa shape index (κ3) is 4.53. The number of carbonyl (C=O) groups is 5. The lowest BCUT2D eigenvalue weighted by atomic mass is 9.52. The van der Waals surface area contributed by atoms with Crippen LogP contribution in [0, 0.1) is 22.2 Å². The van der Waals surface area contributed by atoms with Crippen LogP contribution in [-0.2, 0) is 28.6 Å². The summed E-state index contributed by atoms with van der Waals surface area (Å²) in [5, 5.41) is 12.8. The molecule has 0 radical (unpaired) electrons. The van der Waals surface area contributed by atoms with Crippen LogP contribution in [0.15, 0.2) is 42.7 Å². The number of piperidine rings is 1. The molecule has 2 spiro atoms. The molecule has 7 rings (SSSR count). The molecular weight excluding hydrogens is 646 g/mol. The minimum absolute atomic E-state index is 0.0403. The van der Waals surface area contributed by atoms with Gasteiger partial charge in [-0.3, -0.25) is 24.2 Å². The van der Waals surface area contributed by atoms with Crippen LogP contribution in [0.25, 0.3) is 0 Å². The molecule has 1 aromatic carbocycles. The van der Waals surface area contributed by atoms with Gasteiger partial charge in [-0.15, -0.1) is 0 Å². The molecule has 5 aliphatic rings. The Morgan fingerprint density at radius 1 is 1.06 bits per heavy atom. The largest absolute Gasteiger partial charge is 0.461 e. The quantitative estimate of drug-likeness (QED) is 0.352. The van der Waals surface area contributed by atoms with Gasteiger partial charge in [0.1, 0.15) is 28.3 Å². The average Bonchev–Trinajstić information content (AvgIpc) is 3.68. The fourth-order valence-corrected chi connectivity index (χ4v) is 8.85. The van der Waals surface area contributed by atoms with E-state index >= 15 is 0 Å². The van der Waals surface area contributed by atoms with Crippen molar-refractivity contribution in [3.8, 4) is 0 Å². The monoisotopic (exact) mass is 682 g/mol. The Kier molecular flexibility index (Phi) is 7.58. The number of hydrogen-bond donors (Lipinski definition) is 1. The van der Waals surface area contributed by atoms with Crippen LogP contribution < -0.4 is 0 Å². The maximum atomic E-state index is 14.6. The van der Waals surface area contributed by atoms with E-state index in [0.29, 0.717) is 12.8 Å². The number of nitrogens with zero attached hydrogens (tertiary/aromatic N) is 4. The van der Waals surface area contributed by atoms with Crippen LogP contribution >= 0.6 is 0 Å². The summed E-state index contributed by atoms with van der Waals surface area (Å²) in [6, 6.07) is 8.01. The Morgan fingerprint density at radius 3 is 2.37 bits per heavy atom. The number of carbonyl (C=O) groups excluding carboxylic acids is 5. The first-order chi connectivity index (χ1) is 23.2. The summed E-state index contributed by atoms with van der Waals surface area (Å²) in [6.45, 7) is 5.80. The number of hydrogen-bond acceptors (Lipinski definition) is 11. The lowest BCUT2D eigenvalue weighted by Crippen LogP contribution is -2.66. The van der Waals surface area contributed by atoms with Gasteiger partial charge < -0.3 is 29.1 Å². The van der Waals surface area contributed by atoms with E-state index in [1.165, 1.54) is 21.9 Å². The number of alkyl halides is 2. The van der Waals surface area contributed by atoms with Crippen LogP contribution in [0.3, 0.4) is 0 Å². The summed E-state index contributed by atoms with van der Waals surface area (Å²) < 4.78 is 43.5. The Balaban J connectivity index is 1.21. The SMILES string of the molecule is CC(C)(C)[C@]1(O)C[C@@H]2OC(=O)C[C@@]23C(=O)O[C@@H]2N(CC4CCN(C(=O)c5cnc(C(F)F)cn5)CC4)C(=O)[C@H](OC(=O)c4ccccc4)C213. The van der Waals surface area contributed by atoms with Crippen molar-refractivity contribution in [2.75, 3.05) is 19.6 Å². The number of esters is 3. The van der Waals surface area contributed by atoms with Crippen LogP contribution in [0.5, 0.6) is 0 Å². The van der Waals surface area contributed by atoms with Gasteiger partial charge >= 0.3 is 17.9 Å². The van der Waals surface area contributed by atoms with E-state index in [2.05, 4.69) is 9.97 Å². The first kappa shape index (κ1) is 33.0. The first-order valence-corrected chi connectivity index (χ1v) is 16.2. The molecule has 5 fully saturated rings. The van der Waals surface area contributed by atoms with Crippen molar-refractivity contribution in [3.63, 3.8) is 0 Å². The highest BCUT2D eigenvalue weighted by atomic mass is 19.3. The lowest BCUT2D eigenvalue weighted by Gasteiger charge is -2.51. The number of amides is 2. The summed E-state index contributed by atoms with van der Waals surface area (Å²) >= 11 is 0. The Bertz CT molecular complexity index is 1710. The van der Waals surface area contributed by atoms with Crippen LogP contribution in [0.2, 0.25) is 0 Å². The molecule has 1 saturated carbocycles. The van der Waals surface area contributed by atoms with Gasteiger partial charge in [0.15, 0.2) is 12.3 Å². The van der Waals surface area contributed by atoms with Gasteiger partial charge in [-0.05, 0) is 36.3 Å². The molecular formula is C34H36F2N4O9. The van der Waals surface area contributed by atoms with Crippen LogP contribution in [0.4, 0.5) is 8.78 Å². The summed E-state index contributed by atoms with van der Waals surface area (Å²) in [5.74, 6) is -3.67. The van der Waals surface area contributed by atoms with Gasteiger partial charge in [0.2, 0.25) is 0 Å². The molecule has 260 valence electrons. The van der Waals surface area contributed by atoms with Crippen molar-refractivity contribution in [3.05, 3.63) is 59.7 Å². The topological polar surface area (TPSA) is 166 Å². The number of likely N-dealkylation sites (tertiary alicyclic amines) is 2. The number of aliphatic hydroxyl groups is 1. The number of rotatable bonds is 6. The molecule has 1 unspecified atom stereocenters. The molecule has 0 bridgehead atoms. The summed E-state index contributed by atoms with van der Waals surface area (Å²) in [6.07, 6.45) is -4.91. The van der Waals surface area contributed by atoms with Gasteiger partial charge in [-0.1, -0.05) is 39.0 Å². The average molecular weight is 683 g/mol. The molecule has 6 atom stereocenters. The number of aromatic nitrogens is 2. The van der Waals surface area contributed by atoms with E-state index in [4.69, 9.17) is 14.2 Å². The molecule has 1 aromatic heterocycles. The molecule has 1 N–H and O–H groups in total. The normalized spacial score (nSPS) is 32.6. The fraction of sp³-hybridized carbons (Fsp3) is 0.559. The van der Waals surface area contributed by atoms with Crippen molar-refractivity contribution in [2.45, 2.75) is 76.9 Å². The van der Waals surface area contributed by atoms with Gasteiger partial charge in [-0.25, -0.2) is 18.6 Å². The van der Waals surface area contributed by atoms with E-state index in [1.807, 2.05) is 0 Å². The fourth-order valence-electron chi connectivity index (χ4n) is 8.85. The Morgan fingerprint density at radius 2 is 1.76 bits per heavy atom. The van der Waals surface area contributed by atoms with Crippen molar-refractivity contribution in [1.82, 2.24) is 19.8 Å². The second-order valence-electron chi connectivity index (χ2n) is 14.6. The molecule has 5 heterocycles. The predicted molar refractivity (Wildman–Crippen MR) is 161 cm³/mol. The van der Waals surface area contributed by atoms with E-state index in [0.717, 1.165) is 12.4 Å². The number of benzene rings is 1. The smallest absolute Gasteiger partial charge is 0.338 e. The van der Waals surface area contributed by atoms with Crippen LogP contribution in [0.1, 0.15) is 79.4 Å². The second-order valence-corrected chi connectivity index (χ2v) is 14.6. The van der Waals surface area contributed by atoms with E-state index in [9.17, 15) is 37.9 Å². The zero-order chi connectivity index (χ0) is 35.1. The molecule has 13 nitrogen and oxygen atoms in total. The zero-order valence-corrected chi connectivity index (χ0v) is 27.1. The highest BCUT2D eigenvalue weighted by Gasteiger charge is 2.93. The molecule has 2 aromatic rings. The minimum atomic E-state index is -2.81. The molecule has 1 aliphatic carbocycles. The van der Waals surface area contributed by atoms with Crippen molar-refractivity contribution in [1.29, 1.82) is 0 Å². The Hall–Kier alpha value is -4.53. The summed E-state index contributed by atoms with van der Waals surface area (Å²) in [7, 11) is 0. The maximum Gasteiger partial charge on any atom is 0.338 e. The molecule has 2 amide bonds. The highest BCUT2D eigenvalue weighted by Crippen LogP contribution is 2.76. The second kappa shape index (κ2) is 11.3. The minimum Gasteiger partial charge on any atom is -0.461 e. The molecule has 4 aliphatic heterocycles. The Labute approximate surface area is 279 Å². The first-order valence-electron chi connectivity index (χ1n) is 16.2. The third-order valence-corrected chi connectivity index (χ3v) is 11.3. The van der Waals surface area contributed by atoms with Gasteiger partial charge in [0.25, 0.3) is 18.2 Å². The van der Waals surface area contributed by atoms with E-state index in [-0.39, 0.29) is 43.2 Å². The van der Waals surface area contributed by atoms with Gasteiger partial charge in [0.05, 0.1) is 30.0 Å². The highest BCUT2D eigenvalue weighted by molar-refractivity contribution is 5.99. The van der Waals surface area contributed by atoms with Gasteiger partial charge in [0, 0.05) is 26.1 Å². The van der Waals surface area contributed by atoms with E-state index < -0.39 is 88.5 Å². The third-order valence-electron chi connectivity index (χ3n) is 11.3. The molecule has 4 saturated heterocycles. The molecule has 49 heavy (non-hydrogen) atoms. The van der Waals surface area contributed by atoms with Crippen molar-refractivity contribution in [2.24, 2.45) is 22.2 Å². The number of ether oxygens (including phenoxy) is 3. The van der Waals surface area contributed by atoms with Gasteiger partial charge in [-0.2, -0.15) is 0 Å². The van der Waals surface area contributed by atoms with Crippen LogP contribution in [-0.4, -0.2) is 98.3 Å².